The maximum Gasteiger partial charge on any atom is 0.324 e. The van der Waals surface area contributed by atoms with E-state index in [4.69, 9.17) is 8.85 Å². The molecule has 1 saturated carbocycles. The van der Waals surface area contributed by atoms with Crippen LogP contribution in [0.1, 0.15) is 66.2 Å². The van der Waals surface area contributed by atoms with Crippen molar-refractivity contribution in [3.63, 3.8) is 0 Å². The Morgan fingerprint density at radius 2 is 1.56 bits per heavy atom. The Bertz CT molecular complexity index is 197. The van der Waals surface area contributed by atoms with E-state index in [-0.39, 0.29) is 0 Å². The molecule has 108 valence electrons. The van der Waals surface area contributed by atoms with Crippen LogP contribution in [0, 0.1) is 11.8 Å². The van der Waals surface area contributed by atoms with Gasteiger partial charge < -0.3 is 8.85 Å². The molecule has 1 aliphatic rings. The maximum atomic E-state index is 6.02. The summed E-state index contributed by atoms with van der Waals surface area (Å²) < 4.78 is 12.0. The highest BCUT2D eigenvalue weighted by Crippen LogP contribution is 2.39. The molecule has 1 atom stereocenters. The molecule has 1 aliphatic carbocycles. The molecule has 0 radical (unpaired) electrons. The first-order chi connectivity index (χ1) is 8.69. The Morgan fingerprint density at radius 3 is 2.00 bits per heavy atom. The van der Waals surface area contributed by atoms with Gasteiger partial charge in [0.25, 0.3) is 0 Å². The molecule has 0 amide bonds. The van der Waals surface area contributed by atoms with Crippen molar-refractivity contribution < 1.29 is 8.85 Å². The number of hydrogen-bond acceptors (Lipinski definition) is 2. The molecule has 3 heteroatoms. The highest BCUT2D eigenvalue weighted by Gasteiger charge is 2.34. The van der Waals surface area contributed by atoms with Crippen LogP contribution in [0.15, 0.2) is 0 Å². The van der Waals surface area contributed by atoms with Gasteiger partial charge in [-0.05, 0) is 32.1 Å². The molecule has 0 heterocycles. The molecule has 1 unspecified atom stereocenters. The van der Waals surface area contributed by atoms with Crippen molar-refractivity contribution in [1.82, 2.24) is 0 Å². The average Bonchev–Trinajstić information content (AvgIpc) is 2.37. The summed E-state index contributed by atoms with van der Waals surface area (Å²) in [5, 5.41) is 0. The standard InChI is InChI=1S/C15H32O2Si/c1-5-16-18(17-6-2)15(12-13(3)4)14-10-8-7-9-11-14/h13-15,18H,5-12H2,1-4H3. The highest BCUT2D eigenvalue weighted by atomic mass is 28.3. The van der Waals surface area contributed by atoms with Gasteiger partial charge in [-0.2, -0.15) is 0 Å². The lowest BCUT2D eigenvalue weighted by Crippen LogP contribution is -2.35. The quantitative estimate of drug-likeness (QED) is 0.614. The highest BCUT2D eigenvalue weighted by molar-refractivity contribution is 6.46. The summed E-state index contributed by atoms with van der Waals surface area (Å²) >= 11 is 0. The first-order valence-corrected chi connectivity index (χ1v) is 9.53. The molecule has 0 saturated heterocycles. The Morgan fingerprint density at radius 1 is 1.00 bits per heavy atom. The molecule has 0 aromatic carbocycles. The van der Waals surface area contributed by atoms with Crippen molar-refractivity contribution >= 4 is 9.28 Å². The van der Waals surface area contributed by atoms with E-state index in [0.717, 1.165) is 30.6 Å². The van der Waals surface area contributed by atoms with E-state index in [2.05, 4.69) is 27.7 Å². The minimum Gasteiger partial charge on any atom is -0.397 e. The van der Waals surface area contributed by atoms with Crippen molar-refractivity contribution in [3.05, 3.63) is 0 Å². The molecule has 0 aromatic heterocycles. The summed E-state index contributed by atoms with van der Waals surface area (Å²) in [5.74, 6) is 1.63. The van der Waals surface area contributed by atoms with Gasteiger partial charge in [-0.3, -0.25) is 0 Å². The minimum atomic E-state index is -1.48. The zero-order valence-corrected chi connectivity index (χ0v) is 13.9. The van der Waals surface area contributed by atoms with E-state index < -0.39 is 9.28 Å². The summed E-state index contributed by atoms with van der Waals surface area (Å²) in [6.45, 7) is 10.5. The van der Waals surface area contributed by atoms with Gasteiger partial charge in [-0.15, -0.1) is 0 Å². The summed E-state index contributed by atoms with van der Waals surface area (Å²) in [5.41, 5.74) is 0.727. The van der Waals surface area contributed by atoms with Gasteiger partial charge in [0, 0.05) is 18.8 Å². The van der Waals surface area contributed by atoms with E-state index >= 15 is 0 Å². The zero-order chi connectivity index (χ0) is 13.4. The maximum absolute atomic E-state index is 6.02. The second-order valence-corrected chi connectivity index (χ2v) is 8.23. The molecule has 0 N–H and O–H groups in total. The predicted molar refractivity (Wildman–Crippen MR) is 80.2 cm³/mol. The van der Waals surface area contributed by atoms with Crippen LogP contribution in [0.25, 0.3) is 0 Å². The zero-order valence-electron chi connectivity index (χ0n) is 12.8. The van der Waals surface area contributed by atoms with Crippen molar-refractivity contribution in [2.45, 2.75) is 71.8 Å². The first-order valence-electron chi connectivity index (χ1n) is 7.92. The molecule has 2 nitrogen and oxygen atoms in total. The van der Waals surface area contributed by atoms with Crippen LogP contribution >= 0.6 is 0 Å². The summed E-state index contributed by atoms with van der Waals surface area (Å²) in [4.78, 5) is 0. The minimum absolute atomic E-state index is 0.727. The summed E-state index contributed by atoms with van der Waals surface area (Å²) in [6, 6.07) is 0. The fraction of sp³-hybridized carbons (Fsp3) is 1.00. The lowest BCUT2D eigenvalue weighted by atomic mass is 9.84. The lowest BCUT2D eigenvalue weighted by Gasteiger charge is -2.35. The second kappa shape index (κ2) is 9.11. The SMILES string of the molecule is CCO[SiH](OCC)C(CC(C)C)C1CCCCC1. The molecule has 0 spiro atoms. The number of rotatable bonds is 8. The van der Waals surface area contributed by atoms with Gasteiger partial charge in [-0.1, -0.05) is 46.0 Å². The summed E-state index contributed by atoms with van der Waals surface area (Å²) in [7, 11) is -1.48. The van der Waals surface area contributed by atoms with Crippen LogP contribution in [-0.2, 0) is 8.85 Å². The van der Waals surface area contributed by atoms with E-state index in [1.54, 1.807) is 0 Å². The third-order valence-corrected chi connectivity index (χ3v) is 6.85. The van der Waals surface area contributed by atoms with Gasteiger partial charge in [0.2, 0.25) is 0 Å². The van der Waals surface area contributed by atoms with Crippen LogP contribution in [0.3, 0.4) is 0 Å². The Kier molecular flexibility index (Phi) is 8.19. The smallest absolute Gasteiger partial charge is 0.324 e. The van der Waals surface area contributed by atoms with Gasteiger partial charge in [0.15, 0.2) is 0 Å². The molecule has 0 aliphatic heterocycles. The van der Waals surface area contributed by atoms with E-state index in [1.165, 1.54) is 38.5 Å². The molecule has 0 bridgehead atoms. The largest absolute Gasteiger partial charge is 0.397 e. The Labute approximate surface area is 115 Å². The van der Waals surface area contributed by atoms with Crippen molar-refractivity contribution in [3.8, 4) is 0 Å². The lowest BCUT2D eigenvalue weighted by molar-refractivity contribution is 0.177. The second-order valence-electron chi connectivity index (χ2n) is 5.97. The van der Waals surface area contributed by atoms with Crippen molar-refractivity contribution in [1.29, 1.82) is 0 Å². The fourth-order valence-electron chi connectivity index (χ4n) is 3.26. The number of hydrogen-bond donors (Lipinski definition) is 0. The molecule has 0 aromatic rings. The molecule has 1 rings (SSSR count). The first kappa shape index (κ1) is 16.2. The van der Waals surface area contributed by atoms with E-state index in [1.807, 2.05) is 0 Å². The van der Waals surface area contributed by atoms with Crippen LogP contribution in [-0.4, -0.2) is 22.5 Å². The third-order valence-electron chi connectivity index (χ3n) is 4.01. The van der Waals surface area contributed by atoms with Gasteiger partial charge in [0.05, 0.1) is 0 Å². The molecular formula is C15H32O2Si. The fourth-order valence-corrected chi connectivity index (χ4v) is 6.10. The van der Waals surface area contributed by atoms with Gasteiger partial charge >= 0.3 is 9.28 Å². The summed E-state index contributed by atoms with van der Waals surface area (Å²) in [6.07, 6.45) is 8.36. The Balaban J connectivity index is 2.65. The Hall–Kier alpha value is 0.137. The monoisotopic (exact) mass is 272 g/mol. The average molecular weight is 273 g/mol. The van der Waals surface area contributed by atoms with Crippen LogP contribution in [0.5, 0.6) is 0 Å². The van der Waals surface area contributed by atoms with Crippen molar-refractivity contribution in [2.75, 3.05) is 13.2 Å². The van der Waals surface area contributed by atoms with Crippen LogP contribution < -0.4 is 0 Å². The van der Waals surface area contributed by atoms with Crippen LogP contribution in [0.4, 0.5) is 0 Å². The molecule has 1 fully saturated rings. The van der Waals surface area contributed by atoms with E-state index in [9.17, 15) is 0 Å². The van der Waals surface area contributed by atoms with Crippen LogP contribution in [0.2, 0.25) is 5.54 Å². The van der Waals surface area contributed by atoms with E-state index in [0.29, 0.717) is 0 Å². The topological polar surface area (TPSA) is 18.5 Å². The third kappa shape index (κ3) is 5.41. The predicted octanol–water partition coefficient (Wildman–Crippen LogP) is 4.28. The normalized spacial score (nSPS) is 19.7. The molecular weight excluding hydrogens is 240 g/mol. The van der Waals surface area contributed by atoms with Gasteiger partial charge in [-0.25, -0.2) is 0 Å². The molecule has 18 heavy (non-hydrogen) atoms. The van der Waals surface area contributed by atoms with Crippen molar-refractivity contribution in [2.24, 2.45) is 11.8 Å². The van der Waals surface area contributed by atoms with Gasteiger partial charge in [0.1, 0.15) is 0 Å².